The number of benzene rings is 4. The number of carbonyl (C=O) groups is 2. The highest BCUT2D eigenvalue weighted by atomic mass is 16.2. The molecule has 0 fully saturated rings. The average molecular weight is 1090 g/mol. The normalized spacial score (nSPS) is 14.1. The van der Waals surface area contributed by atoms with E-state index in [1.54, 1.807) is 0 Å². The maximum Gasteiger partial charge on any atom is 0.259 e. The van der Waals surface area contributed by atoms with E-state index < -0.39 is 0 Å². The lowest BCUT2D eigenvalue weighted by atomic mass is 9.92. The van der Waals surface area contributed by atoms with E-state index in [4.69, 9.17) is 0 Å². The maximum absolute atomic E-state index is 15.5. The number of hydrogen-bond acceptors (Lipinski definition) is 2. The summed E-state index contributed by atoms with van der Waals surface area (Å²) in [7, 11) is 0. The first kappa shape index (κ1) is 65.0. The Balaban J connectivity index is 1.33. The summed E-state index contributed by atoms with van der Waals surface area (Å²) in [6, 6.07) is 26.4. The van der Waals surface area contributed by atoms with Crippen LogP contribution >= 0.6 is 0 Å². The van der Waals surface area contributed by atoms with Crippen LogP contribution in [-0.2, 0) is 9.59 Å². The Morgan fingerprint density at radius 2 is 0.537 bits per heavy atom. The number of fused-ring (bicyclic) bond motifs is 5. The number of nitrogens with zero attached hydrogens (tertiary/aromatic N) is 2. The second-order valence-electron chi connectivity index (χ2n) is 25.5. The summed E-state index contributed by atoms with van der Waals surface area (Å²) < 4.78 is 0. The molecule has 2 heterocycles. The van der Waals surface area contributed by atoms with Gasteiger partial charge in [-0.15, -0.1) is 0 Å². The first-order valence-corrected chi connectivity index (χ1v) is 34.4. The molecule has 0 saturated carbocycles. The number of aryl methyl sites for hydroxylation is 2. The van der Waals surface area contributed by atoms with Gasteiger partial charge in [0.1, 0.15) is 0 Å². The molecule has 4 heteroatoms. The van der Waals surface area contributed by atoms with Crippen molar-refractivity contribution >= 4 is 45.1 Å². The van der Waals surface area contributed by atoms with E-state index in [0.29, 0.717) is 11.8 Å². The fourth-order valence-electron chi connectivity index (χ4n) is 13.6. The van der Waals surface area contributed by atoms with Gasteiger partial charge in [-0.2, -0.15) is 0 Å². The number of hydrogen-bond donors (Lipinski definition) is 0. The molecule has 2 aliphatic heterocycles. The third kappa shape index (κ3) is 20.6. The molecule has 80 heavy (non-hydrogen) atoms. The Labute approximate surface area is 490 Å². The zero-order valence-corrected chi connectivity index (χ0v) is 52.5. The van der Waals surface area contributed by atoms with Crippen molar-refractivity contribution in [3.63, 3.8) is 0 Å². The predicted octanol–water partition coefficient (Wildman–Crippen LogP) is 21.5. The van der Waals surface area contributed by atoms with Gasteiger partial charge in [0.05, 0.1) is 22.5 Å². The third-order valence-electron chi connectivity index (χ3n) is 18.6. The summed E-state index contributed by atoms with van der Waals surface area (Å²) in [5.41, 5.74) is 8.18. The van der Waals surface area contributed by atoms with Crippen LogP contribution in [0.5, 0.6) is 0 Å². The molecule has 2 unspecified atom stereocenters. The predicted molar refractivity (Wildman–Crippen MR) is 350 cm³/mol. The lowest BCUT2D eigenvalue weighted by Crippen LogP contribution is -2.34. The minimum atomic E-state index is 0.141. The van der Waals surface area contributed by atoms with Crippen molar-refractivity contribution in [1.82, 2.24) is 0 Å². The highest BCUT2D eigenvalue weighted by Gasteiger charge is 2.37. The van der Waals surface area contributed by atoms with Crippen LogP contribution in [0.2, 0.25) is 0 Å². The fraction of sp³-hybridized carbons (Fsp3) is 0.658. The monoisotopic (exact) mass is 1090 g/mol. The molecule has 0 bridgehead atoms. The summed E-state index contributed by atoms with van der Waals surface area (Å²) in [6.07, 6.45) is 52.5. The Bertz CT molecular complexity index is 2330. The molecule has 0 spiro atoms. The molecule has 2 atom stereocenters. The van der Waals surface area contributed by atoms with Crippen molar-refractivity contribution in [2.75, 3.05) is 22.9 Å². The number of rotatable bonds is 46. The van der Waals surface area contributed by atoms with Crippen LogP contribution in [0.1, 0.15) is 307 Å². The third-order valence-corrected chi connectivity index (χ3v) is 18.6. The van der Waals surface area contributed by atoms with Gasteiger partial charge in [-0.05, 0) is 62.5 Å². The summed E-state index contributed by atoms with van der Waals surface area (Å²) in [4.78, 5) is 35.5. The lowest BCUT2D eigenvalue weighted by molar-refractivity contribution is -0.114. The molecule has 0 N–H and O–H groups in total. The first-order valence-electron chi connectivity index (χ1n) is 34.4. The van der Waals surface area contributed by atoms with E-state index in [-0.39, 0.29) is 11.8 Å². The molecule has 2 amide bonds. The van der Waals surface area contributed by atoms with Crippen molar-refractivity contribution in [1.29, 1.82) is 0 Å². The van der Waals surface area contributed by atoms with Crippen molar-refractivity contribution in [3.05, 3.63) is 105 Å². The summed E-state index contributed by atoms with van der Waals surface area (Å²) in [5, 5.41) is 4.31. The second kappa shape index (κ2) is 37.8. The number of amides is 2. The van der Waals surface area contributed by atoms with Gasteiger partial charge >= 0.3 is 0 Å². The van der Waals surface area contributed by atoms with E-state index in [2.05, 4.69) is 124 Å². The van der Waals surface area contributed by atoms with E-state index in [1.807, 2.05) is 0 Å². The van der Waals surface area contributed by atoms with Gasteiger partial charge in [-0.1, -0.05) is 343 Å². The van der Waals surface area contributed by atoms with Crippen molar-refractivity contribution in [2.24, 2.45) is 11.8 Å². The maximum atomic E-state index is 15.5. The minimum Gasteiger partial charge on any atom is -0.307 e. The van der Waals surface area contributed by atoms with Crippen LogP contribution in [0.25, 0.3) is 21.9 Å². The molecule has 6 rings (SSSR count). The van der Waals surface area contributed by atoms with Gasteiger partial charge in [0, 0.05) is 34.3 Å². The van der Waals surface area contributed by atoms with Crippen LogP contribution in [-0.4, -0.2) is 24.9 Å². The summed E-state index contributed by atoms with van der Waals surface area (Å²) in [6.45, 7) is 15.0. The Morgan fingerprint density at radius 1 is 0.300 bits per heavy atom. The smallest absolute Gasteiger partial charge is 0.259 e. The zero-order valence-electron chi connectivity index (χ0n) is 52.5. The Kier molecular flexibility index (Phi) is 30.7. The molecule has 4 nitrogen and oxygen atoms in total. The topological polar surface area (TPSA) is 40.6 Å². The molecule has 0 saturated heterocycles. The molecule has 2 aliphatic rings. The molecule has 0 aliphatic carbocycles. The van der Waals surface area contributed by atoms with E-state index in [1.165, 1.54) is 268 Å². The van der Waals surface area contributed by atoms with Gasteiger partial charge in [-0.25, -0.2) is 0 Å². The van der Waals surface area contributed by atoms with Gasteiger partial charge in [0.15, 0.2) is 0 Å². The molecule has 0 aromatic heterocycles. The number of anilines is 2. The van der Waals surface area contributed by atoms with E-state index in [9.17, 15) is 0 Å². The molecule has 442 valence electrons. The first-order chi connectivity index (χ1) is 39.3. The standard InChI is InChI=1S/C76H116N2O2/c1-7-11-15-19-23-27-29-33-37-41-45-63(43-39-35-31-25-21-17-13-9-3)59-77-73-67-55-58-70-72(66-53-49-62(6)50-54-66)76(80)78(74(70)68(67)56-57-69(73)71(75(77)79)65-51-47-61(5)48-52-65)60-64(44-40-36-32-26-22-18-14-10-4)46-42-38-34-30-28-24-20-16-12-8-2/h47-58,63-64H,7-46,59-60H2,1-6H3. The average Bonchev–Trinajstić information content (AvgIpc) is 4.16. The van der Waals surface area contributed by atoms with Gasteiger partial charge in [-0.3, -0.25) is 9.59 Å². The SMILES string of the molecule is CCCCCCCCCCCCC(CCCCCCCCCC)CN1C(=O)C(c2ccc(C)cc2)=c2ccc3c4c(ccc3c21)=C(c1ccc(C)cc1)C(=O)N4CC(CCCCCCCCCC)CCCCCCCCCCCC. The Hall–Kier alpha value is -4.18. The fourth-order valence-corrected chi connectivity index (χ4v) is 13.6. The lowest BCUT2D eigenvalue weighted by Gasteiger charge is -2.28. The number of unbranched alkanes of at least 4 members (excludes halogenated alkanes) is 32. The van der Waals surface area contributed by atoms with Gasteiger partial charge in [0.2, 0.25) is 0 Å². The van der Waals surface area contributed by atoms with E-state index >= 15 is 9.59 Å². The molecular weight excluding hydrogens is 973 g/mol. The van der Waals surface area contributed by atoms with Crippen LogP contribution in [0.4, 0.5) is 11.4 Å². The molecule has 0 radical (unpaired) electrons. The van der Waals surface area contributed by atoms with Crippen molar-refractivity contribution < 1.29 is 9.59 Å². The molecular formula is C76H116N2O2. The van der Waals surface area contributed by atoms with Crippen molar-refractivity contribution in [2.45, 2.75) is 298 Å². The summed E-state index contributed by atoms with van der Waals surface area (Å²) >= 11 is 0. The van der Waals surface area contributed by atoms with E-state index in [0.717, 1.165) is 67.9 Å². The largest absolute Gasteiger partial charge is 0.307 e. The Morgan fingerprint density at radius 3 is 0.787 bits per heavy atom. The quantitative estimate of drug-likeness (QED) is 0.0414. The van der Waals surface area contributed by atoms with Crippen LogP contribution in [0, 0.1) is 25.7 Å². The highest BCUT2D eigenvalue weighted by Crippen LogP contribution is 2.40. The van der Waals surface area contributed by atoms with Gasteiger partial charge < -0.3 is 9.80 Å². The number of carbonyl (C=O) groups excluding carboxylic acids is 2. The second-order valence-corrected chi connectivity index (χ2v) is 25.5. The van der Waals surface area contributed by atoms with Crippen LogP contribution < -0.4 is 20.2 Å². The van der Waals surface area contributed by atoms with Gasteiger partial charge in [0.25, 0.3) is 11.8 Å². The molecule has 4 aromatic carbocycles. The zero-order chi connectivity index (χ0) is 56.6. The van der Waals surface area contributed by atoms with Crippen LogP contribution in [0.15, 0.2) is 72.8 Å². The van der Waals surface area contributed by atoms with Crippen LogP contribution in [0.3, 0.4) is 0 Å². The highest BCUT2D eigenvalue weighted by molar-refractivity contribution is 6.34. The van der Waals surface area contributed by atoms with Crippen molar-refractivity contribution in [3.8, 4) is 0 Å². The molecule has 4 aromatic rings. The minimum absolute atomic E-state index is 0.141. The summed E-state index contributed by atoms with van der Waals surface area (Å²) in [5.74, 6) is 1.15.